The van der Waals surface area contributed by atoms with Crippen molar-refractivity contribution in [2.75, 3.05) is 7.11 Å². The van der Waals surface area contributed by atoms with Crippen LogP contribution in [0.25, 0.3) is 11.1 Å². The van der Waals surface area contributed by atoms with Crippen molar-refractivity contribution >= 4 is 11.3 Å². The zero-order valence-electron chi connectivity index (χ0n) is 11.3. The van der Waals surface area contributed by atoms with E-state index in [-0.39, 0.29) is 0 Å². The summed E-state index contributed by atoms with van der Waals surface area (Å²) in [4.78, 5) is 0. The van der Waals surface area contributed by atoms with Crippen molar-refractivity contribution in [3.8, 4) is 16.9 Å². The Morgan fingerprint density at radius 1 is 1.30 bits per heavy atom. The van der Waals surface area contributed by atoms with Crippen LogP contribution in [0.3, 0.4) is 0 Å². The van der Waals surface area contributed by atoms with Crippen LogP contribution in [-0.2, 0) is 17.8 Å². The molecule has 0 aliphatic carbocycles. The Labute approximate surface area is 120 Å². The molecule has 20 heavy (non-hydrogen) atoms. The number of rotatable bonds is 4. The van der Waals surface area contributed by atoms with Gasteiger partial charge in [-0.25, -0.2) is 4.21 Å². The minimum atomic E-state index is -2.24. The van der Waals surface area contributed by atoms with Crippen molar-refractivity contribution in [3.05, 3.63) is 48.1 Å². The van der Waals surface area contributed by atoms with E-state index in [0.717, 1.165) is 16.9 Å². The Hall–Kier alpha value is -1.92. The van der Waals surface area contributed by atoms with Gasteiger partial charge in [-0.2, -0.15) is 0 Å². The SMILES string of the molecule is CCn1cccc(-c2ccc(OC)cc2)c1=NS(=O)O. The molecule has 0 aliphatic rings. The smallest absolute Gasteiger partial charge is 0.283 e. The summed E-state index contributed by atoms with van der Waals surface area (Å²) in [6.45, 7) is 2.62. The predicted molar refractivity (Wildman–Crippen MR) is 78.4 cm³/mol. The van der Waals surface area contributed by atoms with Crippen LogP contribution in [-0.4, -0.2) is 20.4 Å². The van der Waals surface area contributed by atoms with E-state index in [9.17, 15) is 4.21 Å². The zero-order chi connectivity index (χ0) is 14.5. The molecule has 106 valence electrons. The van der Waals surface area contributed by atoms with Crippen molar-refractivity contribution in [2.45, 2.75) is 13.5 Å². The Morgan fingerprint density at radius 3 is 2.55 bits per heavy atom. The van der Waals surface area contributed by atoms with Crippen molar-refractivity contribution in [2.24, 2.45) is 4.40 Å². The highest BCUT2D eigenvalue weighted by Crippen LogP contribution is 2.19. The number of aryl methyl sites for hydroxylation is 1. The molecule has 5 nitrogen and oxygen atoms in total. The Bertz CT molecular complexity index is 678. The van der Waals surface area contributed by atoms with E-state index in [2.05, 4.69) is 4.40 Å². The van der Waals surface area contributed by atoms with Gasteiger partial charge in [0.2, 0.25) is 0 Å². The van der Waals surface area contributed by atoms with Gasteiger partial charge in [0.15, 0.2) is 5.49 Å². The normalized spacial score (nSPS) is 13.2. The molecule has 0 aliphatic heterocycles. The maximum absolute atomic E-state index is 11.0. The third-order valence-electron chi connectivity index (χ3n) is 2.95. The van der Waals surface area contributed by atoms with E-state index < -0.39 is 11.3 Å². The third-order valence-corrected chi connectivity index (χ3v) is 3.28. The van der Waals surface area contributed by atoms with Gasteiger partial charge < -0.3 is 9.30 Å². The van der Waals surface area contributed by atoms with E-state index >= 15 is 0 Å². The average molecular weight is 292 g/mol. The molecule has 2 rings (SSSR count). The minimum absolute atomic E-state index is 0.487. The van der Waals surface area contributed by atoms with Crippen LogP contribution in [0.15, 0.2) is 47.0 Å². The zero-order valence-corrected chi connectivity index (χ0v) is 12.1. The predicted octanol–water partition coefficient (Wildman–Crippen LogP) is 2.22. The summed E-state index contributed by atoms with van der Waals surface area (Å²) in [5.74, 6) is 0.761. The number of methoxy groups -OCH3 is 1. The molecule has 6 heteroatoms. The summed E-state index contributed by atoms with van der Waals surface area (Å²) in [7, 11) is 1.61. The molecular formula is C14H16N2O3S. The molecule has 0 fully saturated rings. The molecule has 2 aromatic rings. The van der Waals surface area contributed by atoms with E-state index in [1.807, 2.05) is 54.1 Å². The molecule has 0 amide bonds. The summed E-state index contributed by atoms with van der Waals surface area (Å²) in [5, 5.41) is 0. The number of pyridine rings is 1. The molecule has 0 spiro atoms. The van der Waals surface area contributed by atoms with Crippen LogP contribution in [0.4, 0.5) is 0 Å². The first-order chi connectivity index (χ1) is 9.65. The summed E-state index contributed by atoms with van der Waals surface area (Å²) >= 11 is -2.24. The molecule has 1 atom stereocenters. The third kappa shape index (κ3) is 3.15. The monoisotopic (exact) mass is 292 g/mol. The molecule has 1 aromatic carbocycles. The molecule has 0 bridgehead atoms. The van der Waals surface area contributed by atoms with Crippen molar-refractivity contribution in [3.63, 3.8) is 0 Å². The summed E-state index contributed by atoms with van der Waals surface area (Å²) in [5.41, 5.74) is 2.21. The highest BCUT2D eigenvalue weighted by Gasteiger charge is 2.05. The average Bonchev–Trinajstić information content (AvgIpc) is 2.47. The van der Waals surface area contributed by atoms with Gasteiger partial charge in [-0.3, -0.25) is 4.55 Å². The van der Waals surface area contributed by atoms with Gasteiger partial charge >= 0.3 is 0 Å². The Balaban J connectivity index is 2.63. The topological polar surface area (TPSA) is 63.8 Å². The standard InChI is InChI=1S/C14H16N2O3S/c1-3-16-10-4-5-13(14(16)15-20(17)18)11-6-8-12(19-2)9-7-11/h4-10H,3H2,1-2H3,(H,17,18). The van der Waals surface area contributed by atoms with Gasteiger partial charge in [0.25, 0.3) is 11.3 Å². The quantitative estimate of drug-likeness (QED) is 0.879. The van der Waals surface area contributed by atoms with Gasteiger partial charge in [0, 0.05) is 18.3 Å². The number of ether oxygens (including phenoxy) is 1. The molecule has 1 unspecified atom stereocenters. The van der Waals surface area contributed by atoms with Crippen LogP contribution in [0.2, 0.25) is 0 Å². The number of hydrogen-bond acceptors (Lipinski definition) is 2. The fraction of sp³-hybridized carbons (Fsp3) is 0.214. The highest BCUT2D eigenvalue weighted by molar-refractivity contribution is 7.77. The molecule has 1 aromatic heterocycles. The summed E-state index contributed by atoms with van der Waals surface area (Å²) in [6.07, 6.45) is 1.83. The molecule has 1 N–H and O–H groups in total. The largest absolute Gasteiger partial charge is 0.497 e. The van der Waals surface area contributed by atoms with Crippen molar-refractivity contribution < 1.29 is 13.5 Å². The van der Waals surface area contributed by atoms with E-state index in [1.165, 1.54) is 0 Å². The molecular weight excluding hydrogens is 276 g/mol. The van der Waals surface area contributed by atoms with Gasteiger partial charge in [0.05, 0.1) is 7.11 Å². The molecule has 0 radical (unpaired) electrons. The molecule has 1 heterocycles. The Morgan fingerprint density at radius 2 is 2.00 bits per heavy atom. The lowest BCUT2D eigenvalue weighted by atomic mass is 10.1. The number of benzene rings is 1. The first-order valence-electron chi connectivity index (χ1n) is 6.15. The first-order valence-corrected chi connectivity index (χ1v) is 7.21. The van der Waals surface area contributed by atoms with Crippen LogP contribution in [0.5, 0.6) is 5.75 Å². The van der Waals surface area contributed by atoms with Crippen LogP contribution in [0.1, 0.15) is 6.92 Å². The molecule has 0 saturated heterocycles. The highest BCUT2D eigenvalue weighted by atomic mass is 32.2. The maximum Gasteiger partial charge on any atom is 0.283 e. The fourth-order valence-electron chi connectivity index (χ4n) is 1.97. The first kappa shape index (κ1) is 14.5. The number of hydrogen-bond donors (Lipinski definition) is 1. The lowest BCUT2D eigenvalue weighted by Gasteiger charge is -2.09. The van der Waals surface area contributed by atoms with Crippen molar-refractivity contribution in [1.29, 1.82) is 0 Å². The molecule has 0 saturated carbocycles. The second-order valence-electron chi connectivity index (χ2n) is 4.08. The lowest BCUT2D eigenvalue weighted by Crippen LogP contribution is -2.22. The second-order valence-corrected chi connectivity index (χ2v) is 4.73. The van der Waals surface area contributed by atoms with Gasteiger partial charge in [0.1, 0.15) is 5.75 Å². The van der Waals surface area contributed by atoms with Gasteiger partial charge in [-0.05, 0) is 36.8 Å². The summed E-state index contributed by atoms with van der Waals surface area (Å²) < 4.78 is 30.8. The van der Waals surface area contributed by atoms with Crippen molar-refractivity contribution in [1.82, 2.24) is 4.57 Å². The van der Waals surface area contributed by atoms with E-state index in [4.69, 9.17) is 9.29 Å². The van der Waals surface area contributed by atoms with E-state index in [0.29, 0.717) is 12.0 Å². The fourth-order valence-corrected chi connectivity index (χ4v) is 2.32. The minimum Gasteiger partial charge on any atom is -0.497 e. The van der Waals surface area contributed by atoms with Crippen LogP contribution < -0.4 is 10.2 Å². The maximum atomic E-state index is 11.0. The Kier molecular flexibility index (Phi) is 4.70. The second kappa shape index (κ2) is 6.49. The van der Waals surface area contributed by atoms with Gasteiger partial charge in [-0.1, -0.05) is 12.1 Å². The number of nitrogens with zero attached hydrogens (tertiary/aromatic N) is 2. The van der Waals surface area contributed by atoms with Gasteiger partial charge in [-0.15, -0.1) is 4.40 Å². The summed E-state index contributed by atoms with van der Waals surface area (Å²) in [6, 6.07) is 11.2. The van der Waals surface area contributed by atoms with E-state index in [1.54, 1.807) is 7.11 Å². The van der Waals surface area contributed by atoms with Crippen LogP contribution in [0, 0.1) is 0 Å². The lowest BCUT2D eigenvalue weighted by molar-refractivity contribution is 0.415. The van der Waals surface area contributed by atoms with Crippen LogP contribution >= 0.6 is 0 Å². The number of aromatic nitrogens is 1.